The van der Waals surface area contributed by atoms with Crippen LogP contribution in [0.25, 0.3) is 0 Å². The molecule has 0 spiro atoms. The van der Waals surface area contributed by atoms with Crippen molar-refractivity contribution in [2.24, 2.45) is 10.9 Å². The van der Waals surface area contributed by atoms with E-state index in [2.05, 4.69) is 35.1 Å². The van der Waals surface area contributed by atoms with E-state index in [-0.39, 0.29) is 0 Å². The lowest BCUT2D eigenvalue weighted by atomic mass is 10.1. The predicted octanol–water partition coefficient (Wildman–Crippen LogP) is 3.48. The third-order valence-corrected chi connectivity index (χ3v) is 5.35. The highest BCUT2D eigenvalue weighted by atomic mass is 32.1. The van der Waals surface area contributed by atoms with Gasteiger partial charge in [-0.1, -0.05) is 13.0 Å². The fraction of sp³-hybridized carbons (Fsp3) is 0.550. The molecule has 1 aliphatic heterocycles. The van der Waals surface area contributed by atoms with Crippen molar-refractivity contribution < 1.29 is 9.15 Å². The van der Waals surface area contributed by atoms with Crippen LogP contribution in [0.15, 0.2) is 45.3 Å². The van der Waals surface area contributed by atoms with Crippen LogP contribution in [0.5, 0.6) is 0 Å². The summed E-state index contributed by atoms with van der Waals surface area (Å²) >= 11 is 1.82. The van der Waals surface area contributed by atoms with Gasteiger partial charge in [-0.05, 0) is 48.8 Å². The van der Waals surface area contributed by atoms with E-state index in [4.69, 9.17) is 14.1 Å². The lowest BCUT2D eigenvalue weighted by Gasteiger charge is -2.16. The first kappa shape index (κ1) is 19.0. The van der Waals surface area contributed by atoms with Gasteiger partial charge in [0.25, 0.3) is 0 Å². The van der Waals surface area contributed by atoms with Crippen molar-refractivity contribution in [1.82, 2.24) is 10.6 Å². The molecule has 3 heterocycles. The van der Waals surface area contributed by atoms with E-state index in [0.717, 1.165) is 63.6 Å². The van der Waals surface area contributed by atoms with Gasteiger partial charge in [0.2, 0.25) is 0 Å². The van der Waals surface area contributed by atoms with Gasteiger partial charge < -0.3 is 19.8 Å². The molecule has 0 bridgehead atoms. The Morgan fingerprint density at radius 2 is 2.31 bits per heavy atom. The molecule has 2 aromatic rings. The van der Waals surface area contributed by atoms with Crippen LogP contribution in [0.4, 0.5) is 0 Å². The molecule has 1 fully saturated rings. The normalized spacial score (nSPS) is 18.8. The van der Waals surface area contributed by atoms with E-state index < -0.39 is 0 Å². The van der Waals surface area contributed by atoms with E-state index in [1.54, 1.807) is 6.26 Å². The number of hydrogen-bond acceptors (Lipinski definition) is 4. The predicted molar refractivity (Wildman–Crippen MR) is 107 cm³/mol. The van der Waals surface area contributed by atoms with E-state index in [1.165, 1.54) is 4.88 Å². The Morgan fingerprint density at radius 1 is 1.35 bits per heavy atom. The van der Waals surface area contributed by atoms with Gasteiger partial charge in [0.1, 0.15) is 5.76 Å². The zero-order chi connectivity index (χ0) is 18.0. The summed E-state index contributed by atoms with van der Waals surface area (Å²) in [4.78, 5) is 6.22. The molecule has 1 aliphatic rings. The van der Waals surface area contributed by atoms with Crippen molar-refractivity contribution >= 4 is 17.3 Å². The van der Waals surface area contributed by atoms with Crippen LogP contribution < -0.4 is 10.6 Å². The molecule has 1 saturated heterocycles. The SMILES string of the molecule is CC(CN=C(NCCc1ccco1)NCC1CCCO1)Cc1cccs1. The fourth-order valence-corrected chi connectivity index (χ4v) is 3.90. The van der Waals surface area contributed by atoms with Crippen molar-refractivity contribution in [3.05, 3.63) is 46.5 Å². The Labute approximate surface area is 159 Å². The maximum absolute atomic E-state index is 5.70. The Morgan fingerprint density at radius 3 is 3.04 bits per heavy atom. The van der Waals surface area contributed by atoms with Crippen molar-refractivity contribution in [1.29, 1.82) is 0 Å². The average molecular weight is 376 g/mol. The summed E-state index contributed by atoms with van der Waals surface area (Å²) in [6.07, 6.45) is 6.22. The van der Waals surface area contributed by atoms with Crippen LogP contribution in [-0.4, -0.2) is 38.3 Å². The monoisotopic (exact) mass is 375 g/mol. The third kappa shape index (κ3) is 6.50. The summed E-state index contributed by atoms with van der Waals surface area (Å²) < 4.78 is 11.1. The van der Waals surface area contributed by atoms with Crippen LogP contribution in [0.2, 0.25) is 0 Å². The van der Waals surface area contributed by atoms with E-state index >= 15 is 0 Å². The summed E-state index contributed by atoms with van der Waals surface area (Å²) in [5, 5.41) is 9.00. The zero-order valence-corrected chi connectivity index (χ0v) is 16.3. The topological polar surface area (TPSA) is 58.8 Å². The standard InChI is InChI=1S/C20H29N3O2S/c1-16(13-19-7-4-12-26-19)14-22-20(23-15-18-6-3-11-25-18)21-9-8-17-5-2-10-24-17/h2,4-5,7,10,12,16,18H,3,6,8-9,11,13-15H2,1H3,(H2,21,22,23). The van der Waals surface area contributed by atoms with Gasteiger partial charge in [0.05, 0.1) is 12.4 Å². The molecule has 3 rings (SSSR count). The summed E-state index contributed by atoms with van der Waals surface area (Å²) in [6.45, 7) is 5.54. The van der Waals surface area contributed by atoms with E-state index in [9.17, 15) is 0 Å². The molecular formula is C20H29N3O2S. The molecule has 0 amide bonds. The minimum atomic E-state index is 0.301. The number of aliphatic imine (C=N–C) groups is 1. The van der Waals surface area contributed by atoms with Gasteiger partial charge in [-0.3, -0.25) is 4.99 Å². The molecule has 0 aromatic carbocycles. The molecule has 0 radical (unpaired) electrons. The molecule has 142 valence electrons. The highest BCUT2D eigenvalue weighted by molar-refractivity contribution is 7.09. The zero-order valence-electron chi connectivity index (χ0n) is 15.4. The average Bonchev–Trinajstić information content (AvgIpc) is 3.40. The van der Waals surface area contributed by atoms with E-state index in [0.29, 0.717) is 12.0 Å². The lowest BCUT2D eigenvalue weighted by molar-refractivity contribution is 0.114. The first-order chi connectivity index (χ1) is 12.8. The molecule has 2 N–H and O–H groups in total. The number of rotatable bonds is 9. The molecule has 2 unspecified atom stereocenters. The van der Waals surface area contributed by atoms with Gasteiger partial charge in [-0.2, -0.15) is 0 Å². The number of nitrogens with zero attached hydrogens (tertiary/aromatic N) is 1. The number of hydrogen-bond donors (Lipinski definition) is 2. The van der Waals surface area contributed by atoms with Crippen molar-refractivity contribution in [3.8, 4) is 0 Å². The summed E-state index contributed by atoms with van der Waals surface area (Å²) in [7, 11) is 0. The van der Waals surface area contributed by atoms with E-state index in [1.807, 2.05) is 23.5 Å². The highest BCUT2D eigenvalue weighted by Gasteiger charge is 2.15. The number of nitrogens with one attached hydrogen (secondary N) is 2. The molecule has 5 nitrogen and oxygen atoms in total. The lowest BCUT2D eigenvalue weighted by Crippen LogP contribution is -2.42. The Bertz CT molecular complexity index is 634. The smallest absolute Gasteiger partial charge is 0.191 e. The molecular weight excluding hydrogens is 346 g/mol. The molecule has 26 heavy (non-hydrogen) atoms. The largest absolute Gasteiger partial charge is 0.469 e. The molecule has 0 aliphatic carbocycles. The first-order valence-corrected chi connectivity index (χ1v) is 10.4. The second kappa shape index (κ2) is 10.4. The molecule has 2 aromatic heterocycles. The quantitative estimate of drug-likeness (QED) is 0.520. The second-order valence-electron chi connectivity index (χ2n) is 6.85. The summed E-state index contributed by atoms with van der Waals surface area (Å²) in [5.74, 6) is 2.37. The number of guanidine groups is 1. The molecule has 0 saturated carbocycles. The van der Waals surface area contributed by atoms with Crippen LogP contribution in [0.1, 0.15) is 30.4 Å². The second-order valence-corrected chi connectivity index (χ2v) is 7.88. The minimum Gasteiger partial charge on any atom is -0.469 e. The number of furan rings is 1. The minimum absolute atomic E-state index is 0.301. The van der Waals surface area contributed by atoms with Gasteiger partial charge in [0, 0.05) is 37.5 Å². The van der Waals surface area contributed by atoms with Gasteiger partial charge in [0.15, 0.2) is 5.96 Å². The molecule has 6 heteroatoms. The van der Waals surface area contributed by atoms with Crippen LogP contribution in [0, 0.1) is 5.92 Å². The van der Waals surface area contributed by atoms with Gasteiger partial charge in [-0.25, -0.2) is 0 Å². The highest BCUT2D eigenvalue weighted by Crippen LogP contribution is 2.14. The number of ether oxygens (including phenoxy) is 1. The van der Waals surface area contributed by atoms with Crippen molar-refractivity contribution in [2.45, 2.75) is 38.7 Å². The van der Waals surface area contributed by atoms with Crippen LogP contribution in [0.3, 0.4) is 0 Å². The number of thiophene rings is 1. The van der Waals surface area contributed by atoms with Crippen LogP contribution >= 0.6 is 11.3 Å². The van der Waals surface area contributed by atoms with Crippen molar-refractivity contribution in [2.75, 3.05) is 26.2 Å². The Hall–Kier alpha value is -1.79. The van der Waals surface area contributed by atoms with Crippen LogP contribution in [-0.2, 0) is 17.6 Å². The first-order valence-electron chi connectivity index (χ1n) is 9.48. The Balaban J connectivity index is 1.47. The van der Waals surface area contributed by atoms with Gasteiger partial charge >= 0.3 is 0 Å². The fourth-order valence-electron chi connectivity index (χ4n) is 3.03. The summed E-state index contributed by atoms with van der Waals surface area (Å²) in [5.41, 5.74) is 0. The molecule has 2 atom stereocenters. The van der Waals surface area contributed by atoms with Gasteiger partial charge in [-0.15, -0.1) is 11.3 Å². The maximum Gasteiger partial charge on any atom is 0.191 e. The Kier molecular flexibility index (Phi) is 7.58. The summed E-state index contributed by atoms with van der Waals surface area (Å²) in [6, 6.07) is 8.23. The maximum atomic E-state index is 5.70. The third-order valence-electron chi connectivity index (χ3n) is 4.46. The van der Waals surface area contributed by atoms with Crippen molar-refractivity contribution in [3.63, 3.8) is 0 Å².